The van der Waals surface area contributed by atoms with Crippen molar-refractivity contribution in [1.82, 2.24) is 5.43 Å². The molecule has 0 saturated carbocycles. The first-order valence-corrected chi connectivity index (χ1v) is 10.8. The number of ether oxygens (including phenoxy) is 2. The predicted octanol–water partition coefficient (Wildman–Crippen LogP) is 5.97. The van der Waals surface area contributed by atoms with Crippen LogP contribution >= 0.6 is 22.6 Å². The summed E-state index contributed by atoms with van der Waals surface area (Å²) in [4.78, 5) is 12.2. The summed E-state index contributed by atoms with van der Waals surface area (Å²) in [6.07, 6.45) is -3.32. The normalized spacial score (nSPS) is 11.5. The summed E-state index contributed by atoms with van der Waals surface area (Å²) >= 11 is 2.09. The third kappa shape index (κ3) is 6.47. The number of hydrogen-bond donors (Lipinski definition) is 1. The highest BCUT2D eigenvalue weighted by Gasteiger charge is 2.34. The fraction of sp³-hybridized carbons (Fsp3) is 0.167. The van der Waals surface area contributed by atoms with E-state index in [4.69, 9.17) is 9.47 Å². The standard InChI is InChI=1S/C24H20F3IN2O3/c1-15-7-9-16(10-8-15)14-33-22-20(28)11-17(12-21(22)32-2)13-29-30-23(31)18-5-3-4-6-19(18)24(25,26)27/h3-13H,14H2,1-2H3,(H,30,31)/b29-13+. The van der Waals surface area contributed by atoms with Crippen molar-refractivity contribution in [3.8, 4) is 11.5 Å². The second-order valence-electron chi connectivity index (χ2n) is 7.05. The molecular formula is C24H20F3IN2O3. The van der Waals surface area contributed by atoms with Crippen LogP contribution in [0.15, 0.2) is 65.8 Å². The molecule has 172 valence electrons. The Balaban J connectivity index is 1.72. The van der Waals surface area contributed by atoms with Gasteiger partial charge in [-0.3, -0.25) is 4.79 Å². The second-order valence-corrected chi connectivity index (χ2v) is 8.21. The van der Waals surface area contributed by atoms with E-state index in [0.29, 0.717) is 23.7 Å². The number of hydrogen-bond acceptors (Lipinski definition) is 4. The van der Waals surface area contributed by atoms with Crippen molar-refractivity contribution >= 4 is 34.7 Å². The van der Waals surface area contributed by atoms with Gasteiger partial charge in [-0.2, -0.15) is 18.3 Å². The summed E-state index contributed by atoms with van der Waals surface area (Å²) in [6, 6.07) is 15.9. The Labute approximate surface area is 202 Å². The first kappa shape index (κ1) is 24.6. The van der Waals surface area contributed by atoms with E-state index in [9.17, 15) is 18.0 Å². The van der Waals surface area contributed by atoms with Gasteiger partial charge >= 0.3 is 6.18 Å². The molecule has 0 aliphatic heterocycles. The smallest absolute Gasteiger partial charge is 0.417 e. The number of carbonyl (C=O) groups is 1. The van der Waals surface area contributed by atoms with Crippen molar-refractivity contribution in [2.75, 3.05) is 7.11 Å². The van der Waals surface area contributed by atoms with Crippen molar-refractivity contribution in [3.63, 3.8) is 0 Å². The van der Waals surface area contributed by atoms with Crippen LogP contribution in [0.5, 0.6) is 11.5 Å². The van der Waals surface area contributed by atoms with Gasteiger partial charge in [0.25, 0.3) is 5.91 Å². The maximum Gasteiger partial charge on any atom is 0.417 e. The molecule has 5 nitrogen and oxygen atoms in total. The zero-order chi connectivity index (χ0) is 24.0. The molecule has 33 heavy (non-hydrogen) atoms. The van der Waals surface area contributed by atoms with Crippen LogP contribution in [0.2, 0.25) is 0 Å². The molecule has 0 aliphatic carbocycles. The minimum atomic E-state index is -4.64. The van der Waals surface area contributed by atoms with Crippen LogP contribution in [-0.4, -0.2) is 19.2 Å². The highest BCUT2D eigenvalue weighted by Crippen LogP contribution is 2.34. The number of halogens is 4. The van der Waals surface area contributed by atoms with Crippen LogP contribution < -0.4 is 14.9 Å². The maximum atomic E-state index is 13.1. The summed E-state index contributed by atoms with van der Waals surface area (Å²) < 4.78 is 51.4. The van der Waals surface area contributed by atoms with E-state index in [1.807, 2.05) is 31.2 Å². The highest BCUT2D eigenvalue weighted by atomic mass is 127. The van der Waals surface area contributed by atoms with Gasteiger partial charge in [0.1, 0.15) is 6.61 Å². The molecule has 3 rings (SSSR count). The van der Waals surface area contributed by atoms with Gasteiger partial charge in [0, 0.05) is 0 Å². The Kier molecular flexibility index (Phi) is 7.96. The van der Waals surface area contributed by atoms with Crippen molar-refractivity contribution in [3.05, 3.63) is 92.1 Å². The lowest BCUT2D eigenvalue weighted by Gasteiger charge is -2.14. The topological polar surface area (TPSA) is 59.9 Å². The molecule has 0 spiro atoms. The molecule has 0 radical (unpaired) electrons. The quantitative estimate of drug-likeness (QED) is 0.217. The summed E-state index contributed by atoms with van der Waals surface area (Å²) in [6.45, 7) is 2.36. The molecule has 1 amide bonds. The summed E-state index contributed by atoms with van der Waals surface area (Å²) in [5.41, 5.74) is 3.34. The number of nitrogens with zero attached hydrogens (tertiary/aromatic N) is 1. The molecular weight excluding hydrogens is 548 g/mol. The lowest BCUT2D eigenvalue weighted by Crippen LogP contribution is -2.22. The number of amides is 1. The van der Waals surface area contributed by atoms with E-state index in [1.54, 1.807) is 12.1 Å². The largest absolute Gasteiger partial charge is 0.493 e. The van der Waals surface area contributed by atoms with E-state index in [2.05, 4.69) is 33.1 Å². The molecule has 0 aliphatic rings. The number of hydrazone groups is 1. The zero-order valence-corrected chi connectivity index (χ0v) is 19.9. The molecule has 0 aromatic heterocycles. The first-order chi connectivity index (χ1) is 15.7. The van der Waals surface area contributed by atoms with Crippen molar-refractivity contribution < 1.29 is 27.4 Å². The molecule has 3 aromatic rings. The Hall–Kier alpha value is -3.08. The Bertz CT molecular complexity index is 1160. The van der Waals surface area contributed by atoms with Crippen LogP contribution in [0, 0.1) is 10.5 Å². The molecule has 9 heteroatoms. The van der Waals surface area contributed by atoms with E-state index in [1.165, 1.54) is 25.5 Å². The van der Waals surface area contributed by atoms with Gasteiger partial charge in [0.2, 0.25) is 0 Å². The van der Waals surface area contributed by atoms with E-state index in [-0.39, 0.29) is 0 Å². The van der Waals surface area contributed by atoms with Crippen molar-refractivity contribution in [2.45, 2.75) is 19.7 Å². The molecule has 0 fully saturated rings. The van der Waals surface area contributed by atoms with Gasteiger partial charge in [0.15, 0.2) is 11.5 Å². The molecule has 0 bridgehead atoms. The fourth-order valence-corrected chi connectivity index (χ4v) is 3.73. The lowest BCUT2D eigenvalue weighted by molar-refractivity contribution is -0.137. The van der Waals surface area contributed by atoms with Crippen molar-refractivity contribution in [2.24, 2.45) is 5.10 Å². The molecule has 0 unspecified atom stereocenters. The van der Waals surface area contributed by atoms with Crippen molar-refractivity contribution in [1.29, 1.82) is 0 Å². The number of nitrogens with one attached hydrogen (secondary N) is 1. The monoisotopic (exact) mass is 568 g/mol. The number of carbonyl (C=O) groups excluding carboxylic acids is 1. The van der Waals surface area contributed by atoms with Crippen LogP contribution in [0.4, 0.5) is 13.2 Å². The number of methoxy groups -OCH3 is 1. The SMILES string of the molecule is COc1cc(/C=N/NC(=O)c2ccccc2C(F)(F)F)cc(I)c1OCc1ccc(C)cc1. The highest BCUT2D eigenvalue weighted by molar-refractivity contribution is 14.1. The average molecular weight is 568 g/mol. The lowest BCUT2D eigenvalue weighted by atomic mass is 10.1. The van der Waals surface area contributed by atoms with Crippen LogP contribution in [0.1, 0.15) is 32.6 Å². The van der Waals surface area contributed by atoms with E-state index >= 15 is 0 Å². The Morgan fingerprint density at radius 1 is 1.12 bits per heavy atom. The van der Waals surface area contributed by atoms with Crippen LogP contribution in [0.25, 0.3) is 0 Å². The van der Waals surface area contributed by atoms with Crippen LogP contribution in [0.3, 0.4) is 0 Å². The average Bonchev–Trinajstić information content (AvgIpc) is 2.78. The first-order valence-electron chi connectivity index (χ1n) is 9.74. The molecule has 1 N–H and O–H groups in total. The molecule has 0 heterocycles. The Morgan fingerprint density at radius 3 is 2.48 bits per heavy atom. The molecule has 3 aromatic carbocycles. The second kappa shape index (κ2) is 10.7. The summed E-state index contributed by atoms with van der Waals surface area (Å²) in [5, 5.41) is 3.80. The van der Waals surface area contributed by atoms with Gasteiger partial charge in [0.05, 0.1) is 28.0 Å². The summed E-state index contributed by atoms with van der Waals surface area (Å²) in [5.74, 6) is 0.0575. The Morgan fingerprint density at radius 2 is 1.82 bits per heavy atom. The van der Waals surface area contributed by atoms with Gasteiger partial charge in [-0.15, -0.1) is 0 Å². The van der Waals surface area contributed by atoms with E-state index in [0.717, 1.165) is 26.8 Å². The van der Waals surface area contributed by atoms with Gasteiger partial charge in [-0.1, -0.05) is 42.0 Å². The number of aryl methyl sites for hydroxylation is 1. The zero-order valence-electron chi connectivity index (χ0n) is 17.7. The third-order valence-electron chi connectivity index (χ3n) is 4.61. The maximum absolute atomic E-state index is 13.1. The molecule has 0 atom stereocenters. The number of benzene rings is 3. The molecule has 0 saturated heterocycles. The van der Waals surface area contributed by atoms with Gasteiger partial charge < -0.3 is 9.47 Å². The number of alkyl halides is 3. The van der Waals surface area contributed by atoms with Crippen LogP contribution in [-0.2, 0) is 12.8 Å². The van der Waals surface area contributed by atoms with Gasteiger partial charge in [-0.05, 0) is 64.9 Å². The van der Waals surface area contributed by atoms with E-state index < -0.39 is 23.2 Å². The minimum Gasteiger partial charge on any atom is -0.493 e. The third-order valence-corrected chi connectivity index (χ3v) is 5.41. The summed E-state index contributed by atoms with van der Waals surface area (Å²) in [7, 11) is 1.50. The van der Waals surface area contributed by atoms with Gasteiger partial charge in [-0.25, -0.2) is 5.43 Å². The fourth-order valence-electron chi connectivity index (χ4n) is 2.95. The number of rotatable bonds is 7. The minimum absolute atomic E-state index is 0.356. The predicted molar refractivity (Wildman–Crippen MR) is 128 cm³/mol.